The number of nitrogens with zero attached hydrogens (tertiary/aromatic N) is 2. The van der Waals surface area contributed by atoms with Crippen LogP contribution in [0, 0.1) is 6.92 Å². The van der Waals surface area contributed by atoms with Crippen LogP contribution in [0.3, 0.4) is 0 Å². The maximum Gasteiger partial charge on any atom is 0.272 e. The molecule has 1 aromatic heterocycles. The number of nitrogens with one attached hydrogen (secondary N) is 1. The molecule has 0 aliphatic heterocycles. The lowest BCUT2D eigenvalue weighted by atomic mass is 10.1. The van der Waals surface area contributed by atoms with Crippen molar-refractivity contribution in [3.63, 3.8) is 0 Å². The van der Waals surface area contributed by atoms with E-state index in [-0.39, 0.29) is 5.91 Å². The molecule has 1 aliphatic rings. The van der Waals surface area contributed by atoms with E-state index in [0.29, 0.717) is 30.3 Å². The van der Waals surface area contributed by atoms with Crippen LogP contribution in [0.25, 0.3) is 5.69 Å². The van der Waals surface area contributed by atoms with Crippen LogP contribution in [0.2, 0.25) is 0 Å². The zero-order valence-corrected chi connectivity index (χ0v) is 17.7. The molecule has 3 aromatic rings. The van der Waals surface area contributed by atoms with Crippen LogP contribution >= 0.6 is 0 Å². The van der Waals surface area contributed by atoms with Crippen LogP contribution in [-0.4, -0.2) is 29.4 Å². The third-order valence-electron chi connectivity index (χ3n) is 5.47. The van der Waals surface area contributed by atoms with Crippen LogP contribution < -0.4 is 14.8 Å². The highest BCUT2D eigenvalue weighted by Gasteiger charge is 2.27. The fourth-order valence-electron chi connectivity index (χ4n) is 3.98. The van der Waals surface area contributed by atoms with Crippen molar-refractivity contribution in [1.29, 1.82) is 0 Å². The first-order chi connectivity index (χ1) is 14.6. The molecular formula is C24H27N3O3. The van der Waals surface area contributed by atoms with Gasteiger partial charge in [0, 0.05) is 17.8 Å². The molecule has 4 rings (SSSR count). The zero-order valence-electron chi connectivity index (χ0n) is 17.7. The first kappa shape index (κ1) is 20.0. The predicted molar refractivity (Wildman–Crippen MR) is 116 cm³/mol. The number of methoxy groups -OCH3 is 1. The van der Waals surface area contributed by atoms with Gasteiger partial charge in [0.05, 0.1) is 19.4 Å². The first-order valence-corrected chi connectivity index (χ1v) is 10.4. The highest BCUT2D eigenvalue weighted by Crippen LogP contribution is 2.30. The maximum absolute atomic E-state index is 13.0. The monoisotopic (exact) mass is 405 g/mol. The maximum atomic E-state index is 13.0. The van der Waals surface area contributed by atoms with Gasteiger partial charge in [-0.25, -0.2) is 4.68 Å². The molecule has 1 N–H and O–H groups in total. The molecular weight excluding hydrogens is 378 g/mol. The number of amides is 1. The summed E-state index contributed by atoms with van der Waals surface area (Å²) in [6.45, 7) is 4.97. The van der Waals surface area contributed by atoms with Crippen molar-refractivity contribution in [2.45, 2.75) is 39.7 Å². The first-order valence-electron chi connectivity index (χ1n) is 10.4. The van der Waals surface area contributed by atoms with Crippen molar-refractivity contribution in [1.82, 2.24) is 15.1 Å². The van der Waals surface area contributed by atoms with Crippen LogP contribution in [0.15, 0.2) is 42.5 Å². The minimum atomic E-state index is -0.145. The molecule has 0 fully saturated rings. The second-order valence-corrected chi connectivity index (χ2v) is 7.43. The Morgan fingerprint density at radius 2 is 2.00 bits per heavy atom. The van der Waals surface area contributed by atoms with E-state index in [1.807, 2.05) is 41.9 Å². The van der Waals surface area contributed by atoms with Gasteiger partial charge in [-0.1, -0.05) is 24.3 Å². The van der Waals surface area contributed by atoms with Gasteiger partial charge in [0.15, 0.2) is 17.2 Å². The van der Waals surface area contributed by atoms with Crippen LogP contribution in [0.1, 0.15) is 46.2 Å². The summed E-state index contributed by atoms with van der Waals surface area (Å²) in [6.07, 6.45) is 2.89. The Bertz CT molecular complexity index is 1070. The Kier molecular flexibility index (Phi) is 5.74. The van der Waals surface area contributed by atoms with Crippen molar-refractivity contribution in [3.05, 3.63) is 70.5 Å². The molecule has 0 saturated heterocycles. The molecule has 1 amide bonds. The van der Waals surface area contributed by atoms with E-state index in [1.165, 1.54) is 0 Å². The van der Waals surface area contributed by atoms with Crippen LogP contribution in [-0.2, 0) is 19.4 Å². The van der Waals surface area contributed by atoms with Crippen LogP contribution in [0.5, 0.6) is 11.5 Å². The fourth-order valence-corrected chi connectivity index (χ4v) is 3.98. The third kappa shape index (κ3) is 3.77. The average molecular weight is 405 g/mol. The molecule has 6 nitrogen and oxygen atoms in total. The SMILES string of the molecule is CCOc1ccc(CNC(=O)c2nn(-c3ccccc3C)c3c2CCC3)cc1OC. The van der Waals surface area contributed by atoms with Crippen LogP contribution in [0.4, 0.5) is 0 Å². The number of fused-ring (bicyclic) bond motifs is 1. The van der Waals surface area contributed by atoms with E-state index >= 15 is 0 Å². The molecule has 0 spiro atoms. The second kappa shape index (κ2) is 8.61. The molecule has 1 heterocycles. The Hall–Kier alpha value is -3.28. The lowest BCUT2D eigenvalue weighted by Crippen LogP contribution is -2.24. The van der Waals surface area contributed by atoms with Gasteiger partial charge in [-0.2, -0.15) is 5.10 Å². The number of carbonyl (C=O) groups is 1. The lowest BCUT2D eigenvalue weighted by Gasteiger charge is -2.11. The molecule has 0 radical (unpaired) electrons. The fraction of sp³-hybridized carbons (Fsp3) is 0.333. The van der Waals surface area contributed by atoms with Crippen molar-refractivity contribution in [3.8, 4) is 17.2 Å². The smallest absolute Gasteiger partial charge is 0.272 e. The summed E-state index contributed by atoms with van der Waals surface area (Å²) in [5.41, 5.74) is 5.87. The molecule has 1 aliphatic carbocycles. The third-order valence-corrected chi connectivity index (χ3v) is 5.47. The van der Waals surface area contributed by atoms with E-state index in [0.717, 1.165) is 47.3 Å². The van der Waals surface area contributed by atoms with Gasteiger partial charge in [-0.3, -0.25) is 4.79 Å². The summed E-state index contributed by atoms with van der Waals surface area (Å²) >= 11 is 0. The van der Waals surface area contributed by atoms with Gasteiger partial charge in [-0.15, -0.1) is 0 Å². The van der Waals surface area contributed by atoms with Crippen molar-refractivity contribution in [2.75, 3.05) is 13.7 Å². The lowest BCUT2D eigenvalue weighted by molar-refractivity contribution is 0.0944. The summed E-state index contributed by atoms with van der Waals surface area (Å²) in [5.74, 6) is 1.21. The number of aromatic nitrogens is 2. The van der Waals surface area contributed by atoms with Crippen molar-refractivity contribution >= 4 is 5.91 Å². The Morgan fingerprint density at radius 1 is 1.17 bits per heavy atom. The molecule has 156 valence electrons. The van der Waals surface area contributed by atoms with E-state index < -0.39 is 0 Å². The Balaban J connectivity index is 1.55. The average Bonchev–Trinajstić information content (AvgIpc) is 3.36. The van der Waals surface area contributed by atoms with E-state index in [1.54, 1.807) is 7.11 Å². The number of aryl methyl sites for hydroxylation is 1. The summed E-state index contributed by atoms with van der Waals surface area (Å²) < 4.78 is 12.9. The molecule has 6 heteroatoms. The van der Waals surface area contributed by atoms with Crippen molar-refractivity contribution < 1.29 is 14.3 Å². The topological polar surface area (TPSA) is 65.4 Å². The molecule has 0 saturated carbocycles. The number of ether oxygens (including phenoxy) is 2. The van der Waals surface area contributed by atoms with Gasteiger partial charge in [-0.05, 0) is 62.4 Å². The largest absolute Gasteiger partial charge is 0.493 e. The summed E-state index contributed by atoms with van der Waals surface area (Å²) in [5, 5.41) is 7.72. The number of hydrogen-bond donors (Lipinski definition) is 1. The highest BCUT2D eigenvalue weighted by molar-refractivity contribution is 5.94. The zero-order chi connectivity index (χ0) is 21.1. The summed E-state index contributed by atoms with van der Waals surface area (Å²) in [4.78, 5) is 13.0. The molecule has 0 bridgehead atoms. The van der Waals surface area contributed by atoms with Crippen molar-refractivity contribution in [2.24, 2.45) is 0 Å². The molecule has 2 aromatic carbocycles. The van der Waals surface area contributed by atoms with E-state index in [2.05, 4.69) is 24.4 Å². The normalized spacial score (nSPS) is 12.5. The van der Waals surface area contributed by atoms with E-state index in [9.17, 15) is 4.79 Å². The molecule has 0 atom stereocenters. The van der Waals surface area contributed by atoms with Gasteiger partial charge in [0.1, 0.15) is 0 Å². The summed E-state index contributed by atoms with van der Waals surface area (Å²) in [7, 11) is 1.61. The number of para-hydroxylation sites is 1. The Labute approximate surface area is 176 Å². The quantitative estimate of drug-likeness (QED) is 0.645. The van der Waals surface area contributed by atoms with Gasteiger partial charge in [0.25, 0.3) is 5.91 Å². The molecule has 30 heavy (non-hydrogen) atoms. The number of carbonyl (C=O) groups excluding carboxylic acids is 1. The standard InChI is InChI=1S/C24H27N3O3/c1-4-30-21-13-12-17(14-22(21)29-3)15-25-24(28)23-18-9-7-11-20(18)27(26-23)19-10-6-5-8-16(19)2/h5-6,8,10,12-14H,4,7,9,11,15H2,1-3H3,(H,25,28). The summed E-state index contributed by atoms with van der Waals surface area (Å²) in [6, 6.07) is 13.8. The number of rotatable bonds is 7. The minimum Gasteiger partial charge on any atom is -0.493 e. The number of hydrogen-bond acceptors (Lipinski definition) is 4. The van der Waals surface area contributed by atoms with E-state index in [4.69, 9.17) is 14.6 Å². The Morgan fingerprint density at radius 3 is 2.77 bits per heavy atom. The minimum absolute atomic E-state index is 0.145. The highest BCUT2D eigenvalue weighted by atomic mass is 16.5. The van der Waals surface area contributed by atoms with Gasteiger partial charge in [0.2, 0.25) is 0 Å². The second-order valence-electron chi connectivity index (χ2n) is 7.43. The van der Waals surface area contributed by atoms with Gasteiger partial charge < -0.3 is 14.8 Å². The molecule has 0 unspecified atom stereocenters. The van der Waals surface area contributed by atoms with Gasteiger partial charge >= 0.3 is 0 Å². The predicted octanol–water partition coefficient (Wildman–Crippen LogP) is 4.01. The number of benzene rings is 2.